The molecule has 0 rings (SSSR count). The summed E-state index contributed by atoms with van der Waals surface area (Å²) in [4.78, 5) is 0. The van der Waals surface area contributed by atoms with Crippen LogP contribution in [0.2, 0.25) is 18.1 Å². The summed E-state index contributed by atoms with van der Waals surface area (Å²) in [7, 11) is -1.82. The molecule has 2 nitrogen and oxygen atoms in total. The lowest BCUT2D eigenvalue weighted by molar-refractivity contribution is 0.0473. The smallest absolute Gasteiger partial charge is 0.192 e. The predicted molar refractivity (Wildman–Crippen MR) is 80.9 cm³/mol. The minimum Gasteiger partial charge on any atom is -0.413 e. The van der Waals surface area contributed by atoms with Gasteiger partial charge in [0.05, 0.1) is 6.10 Å². The molecular formula is C15H30O2Si. The molecular weight excluding hydrogens is 240 g/mol. The zero-order chi connectivity index (χ0) is 14.6. The van der Waals surface area contributed by atoms with Crippen molar-refractivity contribution in [3.05, 3.63) is 0 Å². The Balaban J connectivity index is 4.97. The van der Waals surface area contributed by atoms with Gasteiger partial charge in [-0.25, -0.2) is 0 Å². The van der Waals surface area contributed by atoms with Gasteiger partial charge in [-0.15, -0.1) is 12.3 Å². The predicted octanol–water partition coefficient (Wildman–Crippen LogP) is 3.66. The maximum Gasteiger partial charge on any atom is 0.192 e. The quantitative estimate of drug-likeness (QED) is 0.589. The molecule has 0 spiro atoms. The number of aliphatic hydroxyl groups is 1. The van der Waals surface area contributed by atoms with Crippen LogP contribution in [0.15, 0.2) is 0 Å². The van der Waals surface area contributed by atoms with E-state index in [2.05, 4.69) is 46.7 Å². The fourth-order valence-corrected chi connectivity index (χ4v) is 3.21. The van der Waals surface area contributed by atoms with Gasteiger partial charge in [-0.2, -0.15) is 0 Å². The van der Waals surface area contributed by atoms with Crippen LogP contribution in [0, 0.1) is 24.2 Å². The van der Waals surface area contributed by atoms with Crippen molar-refractivity contribution in [2.45, 2.75) is 65.3 Å². The molecule has 0 aliphatic heterocycles. The molecule has 0 heterocycles. The van der Waals surface area contributed by atoms with E-state index < -0.39 is 8.32 Å². The second kappa shape index (κ2) is 6.74. The maximum absolute atomic E-state index is 9.41. The van der Waals surface area contributed by atoms with E-state index in [1.54, 1.807) is 0 Å². The van der Waals surface area contributed by atoms with Gasteiger partial charge >= 0.3 is 0 Å². The average Bonchev–Trinajstić information content (AvgIpc) is 2.23. The van der Waals surface area contributed by atoms with Gasteiger partial charge in [0, 0.05) is 18.9 Å². The molecule has 0 aromatic heterocycles. The summed E-state index contributed by atoms with van der Waals surface area (Å²) in [6, 6.07) is 0. The van der Waals surface area contributed by atoms with E-state index in [4.69, 9.17) is 10.8 Å². The lowest BCUT2D eigenvalue weighted by Crippen LogP contribution is -2.47. The molecule has 0 bridgehead atoms. The summed E-state index contributed by atoms with van der Waals surface area (Å²) in [5.41, 5.74) is 0. The maximum atomic E-state index is 9.41. The van der Waals surface area contributed by atoms with Crippen LogP contribution < -0.4 is 0 Å². The zero-order valence-electron chi connectivity index (χ0n) is 13.1. The van der Waals surface area contributed by atoms with E-state index in [0.717, 1.165) is 0 Å². The number of aliphatic hydroxyl groups excluding tert-OH is 1. The molecule has 0 radical (unpaired) electrons. The lowest BCUT2D eigenvalue weighted by atomic mass is 9.92. The molecule has 0 unspecified atom stereocenters. The van der Waals surface area contributed by atoms with Gasteiger partial charge < -0.3 is 9.53 Å². The van der Waals surface area contributed by atoms with Crippen LogP contribution in [0.4, 0.5) is 0 Å². The minimum atomic E-state index is -1.82. The third kappa shape index (κ3) is 4.76. The number of rotatable bonds is 6. The van der Waals surface area contributed by atoms with E-state index in [1.807, 2.05) is 6.92 Å². The molecule has 0 fully saturated rings. The monoisotopic (exact) mass is 270 g/mol. The van der Waals surface area contributed by atoms with Crippen LogP contribution in [-0.2, 0) is 4.43 Å². The number of hydrogen-bond acceptors (Lipinski definition) is 2. The van der Waals surface area contributed by atoms with Gasteiger partial charge in [-0.3, -0.25) is 0 Å². The van der Waals surface area contributed by atoms with Crippen molar-refractivity contribution in [2.75, 3.05) is 6.61 Å². The van der Waals surface area contributed by atoms with Gasteiger partial charge in [-0.1, -0.05) is 34.6 Å². The Bertz CT molecular complexity index is 286. The largest absolute Gasteiger partial charge is 0.413 e. The van der Waals surface area contributed by atoms with Crippen molar-refractivity contribution < 1.29 is 9.53 Å². The summed E-state index contributed by atoms with van der Waals surface area (Å²) >= 11 is 0. The first-order chi connectivity index (χ1) is 8.06. The van der Waals surface area contributed by atoms with Crippen molar-refractivity contribution >= 4 is 8.32 Å². The number of terminal acetylenes is 1. The van der Waals surface area contributed by atoms with Gasteiger partial charge in [0.2, 0.25) is 0 Å². The third-order valence-electron chi connectivity index (χ3n) is 4.09. The van der Waals surface area contributed by atoms with Crippen LogP contribution in [0.25, 0.3) is 0 Å². The normalized spacial score (nSPS) is 17.9. The van der Waals surface area contributed by atoms with Crippen LogP contribution in [0.5, 0.6) is 0 Å². The Morgan fingerprint density at radius 1 is 1.22 bits per heavy atom. The second-order valence-electron chi connectivity index (χ2n) is 6.89. The van der Waals surface area contributed by atoms with E-state index in [1.165, 1.54) is 0 Å². The summed E-state index contributed by atoms with van der Waals surface area (Å²) in [6.45, 7) is 15.5. The van der Waals surface area contributed by atoms with Crippen molar-refractivity contribution in [2.24, 2.45) is 11.8 Å². The molecule has 3 atom stereocenters. The highest BCUT2D eigenvalue weighted by Gasteiger charge is 2.41. The number of hydrogen-bond donors (Lipinski definition) is 1. The summed E-state index contributed by atoms with van der Waals surface area (Å²) in [6.07, 6.45) is 6.15. The molecule has 0 amide bonds. The molecule has 1 N–H and O–H groups in total. The highest BCUT2D eigenvalue weighted by molar-refractivity contribution is 6.74. The molecule has 0 aromatic rings. The SMILES string of the molecule is C#CC[C@H](C)[C@H](O[Si](C)(C)C(C)(C)C)[C@H](C)CO. The van der Waals surface area contributed by atoms with Gasteiger partial charge in [0.25, 0.3) is 0 Å². The molecule has 0 aromatic carbocycles. The van der Waals surface area contributed by atoms with Gasteiger partial charge in [0.15, 0.2) is 8.32 Å². The Kier molecular flexibility index (Phi) is 6.63. The molecule has 18 heavy (non-hydrogen) atoms. The fourth-order valence-electron chi connectivity index (χ4n) is 1.72. The highest BCUT2D eigenvalue weighted by Crippen LogP contribution is 2.39. The first-order valence-corrected chi connectivity index (χ1v) is 9.69. The highest BCUT2D eigenvalue weighted by atomic mass is 28.4. The molecule has 0 saturated carbocycles. The van der Waals surface area contributed by atoms with Gasteiger partial charge in [-0.05, 0) is 24.1 Å². The van der Waals surface area contributed by atoms with E-state index in [9.17, 15) is 5.11 Å². The topological polar surface area (TPSA) is 29.5 Å². The van der Waals surface area contributed by atoms with Crippen molar-refractivity contribution in [3.63, 3.8) is 0 Å². The van der Waals surface area contributed by atoms with Crippen molar-refractivity contribution in [1.82, 2.24) is 0 Å². The standard InChI is InChI=1S/C15H30O2Si/c1-9-10-12(2)14(13(3)11-16)17-18(7,8)15(4,5)6/h1,12-14,16H,10-11H2,2-8H3/t12-,13+,14-/m0/s1. The minimum absolute atomic E-state index is 0.0481. The molecule has 0 saturated heterocycles. The fraction of sp³-hybridized carbons (Fsp3) is 0.867. The van der Waals surface area contributed by atoms with E-state index >= 15 is 0 Å². The molecule has 3 heteroatoms. The van der Waals surface area contributed by atoms with Crippen LogP contribution in [0.1, 0.15) is 41.0 Å². The lowest BCUT2D eigenvalue weighted by Gasteiger charge is -2.42. The van der Waals surface area contributed by atoms with Crippen molar-refractivity contribution in [1.29, 1.82) is 0 Å². The first-order valence-electron chi connectivity index (χ1n) is 6.79. The van der Waals surface area contributed by atoms with Crippen LogP contribution >= 0.6 is 0 Å². The molecule has 0 aliphatic rings. The first kappa shape index (κ1) is 17.7. The third-order valence-corrected chi connectivity index (χ3v) is 8.56. The molecule has 106 valence electrons. The second-order valence-corrected chi connectivity index (χ2v) is 11.6. The van der Waals surface area contributed by atoms with Gasteiger partial charge in [0.1, 0.15) is 0 Å². The Morgan fingerprint density at radius 2 is 1.72 bits per heavy atom. The summed E-state index contributed by atoms with van der Waals surface area (Å²) in [5, 5.41) is 9.58. The average molecular weight is 270 g/mol. The zero-order valence-corrected chi connectivity index (χ0v) is 14.1. The Labute approximate surface area is 114 Å². The Morgan fingerprint density at radius 3 is 2.06 bits per heavy atom. The summed E-state index contributed by atoms with van der Waals surface area (Å²) < 4.78 is 6.45. The van der Waals surface area contributed by atoms with Crippen LogP contribution in [0.3, 0.4) is 0 Å². The summed E-state index contributed by atoms with van der Waals surface area (Å²) in [5.74, 6) is 3.12. The van der Waals surface area contributed by atoms with Crippen molar-refractivity contribution in [3.8, 4) is 12.3 Å². The molecule has 0 aliphatic carbocycles. The van der Waals surface area contributed by atoms with E-state index in [0.29, 0.717) is 6.42 Å². The van der Waals surface area contributed by atoms with Crippen LogP contribution in [-0.4, -0.2) is 26.1 Å². The van der Waals surface area contributed by atoms with E-state index in [-0.39, 0.29) is 29.6 Å². The Hall–Kier alpha value is -0.303.